The Kier molecular flexibility index (Phi) is 7.40. The third-order valence-corrected chi connectivity index (χ3v) is 4.65. The van der Waals surface area contributed by atoms with Gasteiger partial charge in [-0.15, -0.1) is 0 Å². The van der Waals surface area contributed by atoms with Crippen molar-refractivity contribution < 1.29 is 14.6 Å². The minimum absolute atomic E-state index is 0.129. The van der Waals surface area contributed by atoms with Crippen molar-refractivity contribution in [1.29, 1.82) is 0 Å². The Labute approximate surface area is 129 Å². The molecule has 2 aliphatic heterocycles. The molecule has 2 N–H and O–H groups in total. The largest absolute Gasteiger partial charge is 0.394 e. The van der Waals surface area contributed by atoms with E-state index in [9.17, 15) is 0 Å². The lowest BCUT2D eigenvalue weighted by Gasteiger charge is -2.38. The lowest BCUT2D eigenvalue weighted by atomic mass is 9.85. The first-order chi connectivity index (χ1) is 10.3. The van der Waals surface area contributed by atoms with E-state index in [0.29, 0.717) is 18.1 Å². The number of likely N-dealkylation sites (tertiary alicyclic amines) is 1. The van der Waals surface area contributed by atoms with Gasteiger partial charge in [0.15, 0.2) is 0 Å². The number of nitrogens with zero attached hydrogens (tertiary/aromatic N) is 1. The highest BCUT2D eigenvalue weighted by Gasteiger charge is 2.37. The first-order valence-corrected chi connectivity index (χ1v) is 8.51. The highest BCUT2D eigenvalue weighted by atomic mass is 16.5. The van der Waals surface area contributed by atoms with Crippen LogP contribution in [0.25, 0.3) is 0 Å². The van der Waals surface area contributed by atoms with Gasteiger partial charge in [-0.05, 0) is 32.2 Å². The van der Waals surface area contributed by atoms with Gasteiger partial charge in [0.25, 0.3) is 0 Å². The summed E-state index contributed by atoms with van der Waals surface area (Å²) in [4.78, 5) is 2.57. The van der Waals surface area contributed by atoms with E-state index in [0.717, 1.165) is 58.8 Å². The van der Waals surface area contributed by atoms with Crippen molar-refractivity contribution in [3.05, 3.63) is 0 Å². The molecule has 0 spiro atoms. The maximum atomic E-state index is 8.82. The molecule has 0 bridgehead atoms. The average molecular weight is 300 g/mol. The molecule has 2 saturated heterocycles. The third kappa shape index (κ3) is 5.49. The molecular formula is C16H32N2O3. The fourth-order valence-electron chi connectivity index (χ4n) is 3.43. The van der Waals surface area contributed by atoms with Crippen LogP contribution in [-0.4, -0.2) is 75.3 Å². The van der Waals surface area contributed by atoms with E-state index in [4.69, 9.17) is 14.6 Å². The van der Waals surface area contributed by atoms with Crippen molar-refractivity contribution in [3.8, 4) is 0 Å². The topological polar surface area (TPSA) is 54.0 Å². The number of hydrogen-bond donors (Lipinski definition) is 2. The van der Waals surface area contributed by atoms with Gasteiger partial charge in [0.1, 0.15) is 0 Å². The molecule has 2 fully saturated rings. The predicted octanol–water partition coefficient (Wildman–Crippen LogP) is 0.866. The second-order valence-electron chi connectivity index (χ2n) is 6.55. The first-order valence-electron chi connectivity index (χ1n) is 8.51. The van der Waals surface area contributed by atoms with Gasteiger partial charge < -0.3 is 24.8 Å². The van der Waals surface area contributed by atoms with Crippen molar-refractivity contribution in [3.63, 3.8) is 0 Å². The van der Waals surface area contributed by atoms with Crippen molar-refractivity contribution >= 4 is 0 Å². The molecule has 2 rings (SSSR count). The van der Waals surface area contributed by atoms with Crippen LogP contribution in [0.4, 0.5) is 0 Å². The Bertz CT molecular complexity index is 275. The Balaban J connectivity index is 1.74. The maximum Gasteiger partial charge on any atom is 0.0701 e. The Hall–Kier alpha value is -0.200. The summed E-state index contributed by atoms with van der Waals surface area (Å²) < 4.78 is 11.3. The average Bonchev–Trinajstić information content (AvgIpc) is 2.95. The summed E-state index contributed by atoms with van der Waals surface area (Å²) in [7, 11) is 0. The fraction of sp³-hybridized carbons (Fsp3) is 1.00. The number of aliphatic hydroxyl groups is 1. The van der Waals surface area contributed by atoms with Gasteiger partial charge in [0.05, 0.1) is 25.9 Å². The Morgan fingerprint density at radius 1 is 1.38 bits per heavy atom. The molecule has 1 atom stereocenters. The van der Waals surface area contributed by atoms with E-state index < -0.39 is 0 Å². The molecule has 21 heavy (non-hydrogen) atoms. The quantitative estimate of drug-likeness (QED) is 0.619. The number of rotatable bonds is 9. The zero-order valence-electron chi connectivity index (χ0n) is 13.5. The number of ether oxygens (including phenoxy) is 2. The van der Waals surface area contributed by atoms with Crippen molar-refractivity contribution in [2.75, 3.05) is 59.2 Å². The van der Waals surface area contributed by atoms with E-state index in [2.05, 4.69) is 17.1 Å². The van der Waals surface area contributed by atoms with Gasteiger partial charge in [-0.25, -0.2) is 0 Å². The molecule has 0 saturated carbocycles. The zero-order chi connectivity index (χ0) is 15.0. The standard InChI is InChI=1S/C16H32N2O3/c1-2-6-17-12-16(5-10-20-14-16)13-18-7-3-15(4-8-18)21-11-9-19/h15,17,19H,2-14H2,1H3. The van der Waals surface area contributed by atoms with Crippen LogP contribution in [0.15, 0.2) is 0 Å². The van der Waals surface area contributed by atoms with E-state index in [1.54, 1.807) is 0 Å². The molecular weight excluding hydrogens is 268 g/mol. The molecule has 0 aromatic carbocycles. The van der Waals surface area contributed by atoms with Gasteiger partial charge >= 0.3 is 0 Å². The molecule has 0 aromatic heterocycles. The van der Waals surface area contributed by atoms with Crippen molar-refractivity contribution in [1.82, 2.24) is 10.2 Å². The van der Waals surface area contributed by atoms with Gasteiger partial charge in [-0.3, -0.25) is 0 Å². The van der Waals surface area contributed by atoms with Crippen molar-refractivity contribution in [2.24, 2.45) is 5.41 Å². The molecule has 0 aliphatic carbocycles. The molecule has 1 unspecified atom stereocenters. The zero-order valence-corrected chi connectivity index (χ0v) is 13.5. The monoisotopic (exact) mass is 300 g/mol. The highest BCUT2D eigenvalue weighted by molar-refractivity contribution is 4.89. The molecule has 0 amide bonds. The summed E-state index contributed by atoms with van der Waals surface area (Å²) in [6, 6.07) is 0. The normalized spacial score (nSPS) is 28.3. The second-order valence-corrected chi connectivity index (χ2v) is 6.55. The second kappa shape index (κ2) is 9.06. The van der Waals surface area contributed by atoms with Gasteiger partial charge in [0, 0.05) is 38.2 Å². The van der Waals surface area contributed by atoms with Crippen molar-refractivity contribution in [2.45, 2.75) is 38.7 Å². The van der Waals surface area contributed by atoms with Crippen LogP contribution in [0.1, 0.15) is 32.6 Å². The van der Waals surface area contributed by atoms with Crippen LogP contribution in [0.3, 0.4) is 0 Å². The highest BCUT2D eigenvalue weighted by Crippen LogP contribution is 2.30. The summed E-state index contributed by atoms with van der Waals surface area (Å²) in [6.45, 7) is 10.1. The fourth-order valence-corrected chi connectivity index (χ4v) is 3.43. The summed E-state index contributed by atoms with van der Waals surface area (Å²) in [5.74, 6) is 0. The maximum absolute atomic E-state index is 8.82. The predicted molar refractivity (Wildman–Crippen MR) is 83.5 cm³/mol. The SMILES string of the molecule is CCCNCC1(CN2CCC(OCCO)CC2)CCOC1. The summed E-state index contributed by atoms with van der Waals surface area (Å²) in [6.07, 6.45) is 4.86. The molecule has 124 valence electrons. The lowest BCUT2D eigenvalue weighted by molar-refractivity contribution is -0.0155. The van der Waals surface area contributed by atoms with Crippen LogP contribution in [0, 0.1) is 5.41 Å². The minimum Gasteiger partial charge on any atom is -0.394 e. The smallest absolute Gasteiger partial charge is 0.0701 e. The van der Waals surface area contributed by atoms with E-state index in [1.807, 2.05) is 0 Å². The van der Waals surface area contributed by atoms with E-state index in [1.165, 1.54) is 12.8 Å². The first kappa shape index (κ1) is 17.2. The van der Waals surface area contributed by atoms with Crippen LogP contribution >= 0.6 is 0 Å². The molecule has 2 aliphatic rings. The summed E-state index contributed by atoms with van der Waals surface area (Å²) in [5, 5.41) is 12.4. The molecule has 0 aromatic rings. The molecule has 5 heteroatoms. The number of hydrogen-bond acceptors (Lipinski definition) is 5. The van der Waals surface area contributed by atoms with E-state index >= 15 is 0 Å². The Morgan fingerprint density at radius 2 is 2.19 bits per heavy atom. The number of aliphatic hydroxyl groups excluding tert-OH is 1. The van der Waals surface area contributed by atoms with Crippen LogP contribution in [0.2, 0.25) is 0 Å². The lowest BCUT2D eigenvalue weighted by Crippen LogP contribution is -2.48. The van der Waals surface area contributed by atoms with Crippen LogP contribution < -0.4 is 5.32 Å². The number of nitrogens with one attached hydrogen (secondary N) is 1. The Morgan fingerprint density at radius 3 is 2.81 bits per heavy atom. The van der Waals surface area contributed by atoms with Gasteiger partial charge in [0.2, 0.25) is 0 Å². The van der Waals surface area contributed by atoms with Gasteiger partial charge in [-0.2, -0.15) is 0 Å². The summed E-state index contributed by atoms with van der Waals surface area (Å²) >= 11 is 0. The number of piperidine rings is 1. The summed E-state index contributed by atoms with van der Waals surface area (Å²) in [5.41, 5.74) is 0.300. The molecule has 0 radical (unpaired) electrons. The molecule has 5 nitrogen and oxygen atoms in total. The molecule has 2 heterocycles. The third-order valence-electron chi connectivity index (χ3n) is 4.65. The van der Waals surface area contributed by atoms with Crippen LogP contribution in [0.5, 0.6) is 0 Å². The van der Waals surface area contributed by atoms with E-state index in [-0.39, 0.29) is 6.61 Å². The van der Waals surface area contributed by atoms with Crippen LogP contribution in [-0.2, 0) is 9.47 Å². The minimum atomic E-state index is 0.129. The van der Waals surface area contributed by atoms with Gasteiger partial charge in [-0.1, -0.05) is 6.92 Å².